The molecule has 1 saturated carbocycles. The minimum Gasteiger partial charge on any atom is -0.347 e. The topological polar surface area (TPSA) is 28.2 Å². The SMILES string of the molecule is CC(C)CNCc1sc(N(C)C2CCSC2)nc1C1CC1. The number of thiazole rings is 1. The summed E-state index contributed by atoms with van der Waals surface area (Å²) in [7, 11) is 2.23. The first kappa shape index (κ1) is 15.6. The van der Waals surface area contributed by atoms with E-state index < -0.39 is 0 Å². The number of anilines is 1. The molecule has 2 heterocycles. The van der Waals surface area contributed by atoms with Crippen LogP contribution in [0.2, 0.25) is 0 Å². The third-order valence-electron chi connectivity index (χ3n) is 4.27. The molecular weight excluding hydrogens is 298 g/mol. The van der Waals surface area contributed by atoms with Crippen LogP contribution in [0.5, 0.6) is 0 Å². The maximum absolute atomic E-state index is 5.01. The van der Waals surface area contributed by atoms with E-state index in [0.29, 0.717) is 12.0 Å². The summed E-state index contributed by atoms with van der Waals surface area (Å²) < 4.78 is 0. The molecule has 1 aliphatic heterocycles. The smallest absolute Gasteiger partial charge is 0.185 e. The Balaban J connectivity index is 1.69. The molecule has 1 N–H and O–H groups in total. The average Bonchev–Trinajstić information content (AvgIpc) is 3.00. The first-order chi connectivity index (χ1) is 10.1. The van der Waals surface area contributed by atoms with E-state index in [4.69, 9.17) is 4.98 Å². The fourth-order valence-electron chi connectivity index (χ4n) is 2.76. The van der Waals surface area contributed by atoms with E-state index in [1.807, 2.05) is 11.3 Å². The molecule has 0 spiro atoms. The van der Waals surface area contributed by atoms with Crippen LogP contribution in [0.3, 0.4) is 0 Å². The molecule has 1 atom stereocenters. The number of hydrogen-bond donors (Lipinski definition) is 1. The van der Waals surface area contributed by atoms with Crippen molar-refractivity contribution in [2.24, 2.45) is 5.92 Å². The Morgan fingerprint density at radius 2 is 2.14 bits per heavy atom. The molecule has 21 heavy (non-hydrogen) atoms. The van der Waals surface area contributed by atoms with Crippen LogP contribution in [0.4, 0.5) is 5.13 Å². The van der Waals surface area contributed by atoms with Gasteiger partial charge in [0, 0.05) is 36.2 Å². The van der Waals surface area contributed by atoms with Gasteiger partial charge >= 0.3 is 0 Å². The highest BCUT2D eigenvalue weighted by Crippen LogP contribution is 2.44. The van der Waals surface area contributed by atoms with Crippen molar-refractivity contribution >= 4 is 28.2 Å². The van der Waals surface area contributed by atoms with Crippen LogP contribution in [0.1, 0.15) is 49.6 Å². The van der Waals surface area contributed by atoms with E-state index in [0.717, 1.165) is 19.0 Å². The zero-order valence-corrected chi connectivity index (χ0v) is 15.0. The quantitative estimate of drug-likeness (QED) is 0.827. The summed E-state index contributed by atoms with van der Waals surface area (Å²) in [6, 6.07) is 0.685. The van der Waals surface area contributed by atoms with Gasteiger partial charge in [-0.3, -0.25) is 0 Å². The number of aromatic nitrogens is 1. The van der Waals surface area contributed by atoms with Crippen LogP contribution < -0.4 is 10.2 Å². The van der Waals surface area contributed by atoms with E-state index in [1.54, 1.807) is 0 Å². The molecular formula is C16H27N3S2. The van der Waals surface area contributed by atoms with Gasteiger partial charge in [0.1, 0.15) is 0 Å². The van der Waals surface area contributed by atoms with Crippen molar-refractivity contribution < 1.29 is 0 Å². The van der Waals surface area contributed by atoms with Crippen molar-refractivity contribution in [2.45, 2.75) is 51.6 Å². The standard InChI is InChI=1S/C16H27N3S2/c1-11(2)8-17-9-14-15(12-4-5-12)18-16(21-14)19(3)13-6-7-20-10-13/h11-13,17H,4-10H2,1-3H3. The molecule has 2 fully saturated rings. The van der Waals surface area contributed by atoms with Crippen molar-refractivity contribution in [3.8, 4) is 0 Å². The summed E-state index contributed by atoms with van der Waals surface area (Å²) >= 11 is 3.99. The normalized spacial score (nSPS) is 22.2. The molecule has 0 bridgehead atoms. The summed E-state index contributed by atoms with van der Waals surface area (Å²) in [6.45, 7) is 6.61. The predicted molar refractivity (Wildman–Crippen MR) is 94.8 cm³/mol. The monoisotopic (exact) mass is 325 g/mol. The summed E-state index contributed by atoms with van der Waals surface area (Å²) in [5.74, 6) is 4.02. The molecule has 0 amide bonds. The third kappa shape index (κ3) is 3.93. The highest BCUT2D eigenvalue weighted by molar-refractivity contribution is 7.99. The van der Waals surface area contributed by atoms with Gasteiger partial charge in [0.25, 0.3) is 0 Å². The Labute approximate surface area is 136 Å². The van der Waals surface area contributed by atoms with Crippen molar-refractivity contribution in [3.05, 3.63) is 10.6 Å². The van der Waals surface area contributed by atoms with Crippen LogP contribution in [-0.2, 0) is 6.54 Å². The molecule has 2 aliphatic rings. The average molecular weight is 326 g/mol. The minimum absolute atomic E-state index is 0.685. The summed E-state index contributed by atoms with van der Waals surface area (Å²) in [4.78, 5) is 8.92. The number of nitrogens with one attached hydrogen (secondary N) is 1. The van der Waals surface area contributed by atoms with E-state index in [2.05, 4.69) is 42.9 Å². The minimum atomic E-state index is 0.685. The summed E-state index contributed by atoms with van der Waals surface area (Å²) in [5.41, 5.74) is 1.39. The predicted octanol–water partition coefficient (Wildman–Crippen LogP) is 3.71. The van der Waals surface area contributed by atoms with E-state index in [-0.39, 0.29) is 0 Å². The van der Waals surface area contributed by atoms with Gasteiger partial charge in [0.05, 0.1) is 5.69 Å². The molecule has 0 radical (unpaired) electrons. The lowest BCUT2D eigenvalue weighted by molar-refractivity contribution is 0.553. The first-order valence-corrected chi connectivity index (χ1v) is 10.1. The Morgan fingerprint density at radius 3 is 2.76 bits per heavy atom. The molecule has 1 aliphatic carbocycles. The molecule has 5 heteroatoms. The van der Waals surface area contributed by atoms with Gasteiger partial charge in [-0.15, -0.1) is 11.3 Å². The second-order valence-corrected chi connectivity index (χ2v) is 8.94. The third-order valence-corrected chi connectivity index (χ3v) is 6.58. The van der Waals surface area contributed by atoms with Gasteiger partial charge in [-0.1, -0.05) is 13.8 Å². The number of thioether (sulfide) groups is 1. The maximum atomic E-state index is 5.01. The molecule has 3 rings (SSSR count). The summed E-state index contributed by atoms with van der Waals surface area (Å²) in [6.07, 6.45) is 3.98. The van der Waals surface area contributed by atoms with Crippen LogP contribution in [0.15, 0.2) is 0 Å². The van der Waals surface area contributed by atoms with Gasteiger partial charge in [-0.05, 0) is 37.5 Å². The molecule has 1 aromatic heterocycles. The highest BCUT2D eigenvalue weighted by atomic mass is 32.2. The second-order valence-electron chi connectivity index (χ2n) is 6.73. The first-order valence-electron chi connectivity index (χ1n) is 8.16. The number of rotatable bonds is 7. The van der Waals surface area contributed by atoms with Gasteiger partial charge in [-0.2, -0.15) is 11.8 Å². The van der Waals surface area contributed by atoms with Crippen LogP contribution in [0.25, 0.3) is 0 Å². The van der Waals surface area contributed by atoms with Crippen LogP contribution in [0, 0.1) is 5.92 Å². The van der Waals surface area contributed by atoms with Crippen LogP contribution >= 0.6 is 23.1 Å². The van der Waals surface area contributed by atoms with Gasteiger partial charge in [0.15, 0.2) is 5.13 Å². The maximum Gasteiger partial charge on any atom is 0.185 e. The van der Waals surface area contributed by atoms with Crippen molar-refractivity contribution in [3.63, 3.8) is 0 Å². The second kappa shape index (κ2) is 6.88. The highest BCUT2D eigenvalue weighted by Gasteiger charge is 2.31. The van der Waals surface area contributed by atoms with E-state index in [9.17, 15) is 0 Å². The lowest BCUT2D eigenvalue weighted by Crippen LogP contribution is -2.31. The molecule has 1 unspecified atom stereocenters. The largest absolute Gasteiger partial charge is 0.347 e. The van der Waals surface area contributed by atoms with Gasteiger partial charge in [0.2, 0.25) is 0 Å². The summed E-state index contributed by atoms with van der Waals surface area (Å²) in [5, 5.41) is 4.84. The number of hydrogen-bond acceptors (Lipinski definition) is 5. The molecule has 1 aromatic rings. The van der Waals surface area contributed by atoms with Gasteiger partial charge < -0.3 is 10.2 Å². The number of nitrogens with zero attached hydrogens (tertiary/aromatic N) is 2. The molecule has 118 valence electrons. The fraction of sp³-hybridized carbons (Fsp3) is 0.812. The van der Waals surface area contributed by atoms with E-state index in [1.165, 1.54) is 46.5 Å². The Hall–Kier alpha value is -0.260. The molecule has 3 nitrogen and oxygen atoms in total. The Bertz CT molecular complexity index is 462. The van der Waals surface area contributed by atoms with Crippen molar-refractivity contribution in [1.82, 2.24) is 10.3 Å². The Kier molecular flexibility index (Phi) is 5.12. The molecule has 1 saturated heterocycles. The Morgan fingerprint density at radius 1 is 1.33 bits per heavy atom. The van der Waals surface area contributed by atoms with Crippen molar-refractivity contribution in [2.75, 3.05) is 30.0 Å². The zero-order chi connectivity index (χ0) is 14.8. The lowest BCUT2D eigenvalue weighted by Gasteiger charge is -2.22. The van der Waals surface area contributed by atoms with Crippen molar-refractivity contribution in [1.29, 1.82) is 0 Å². The van der Waals surface area contributed by atoms with Crippen LogP contribution in [-0.4, -0.2) is 36.1 Å². The van der Waals surface area contributed by atoms with E-state index >= 15 is 0 Å². The zero-order valence-electron chi connectivity index (χ0n) is 13.4. The lowest BCUT2D eigenvalue weighted by atomic mass is 10.2. The molecule has 0 aromatic carbocycles. The van der Waals surface area contributed by atoms with Gasteiger partial charge in [-0.25, -0.2) is 4.98 Å². The fourth-order valence-corrected chi connectivity index (χ4v) is 5.18.